The first-order valence-corrected chi connectivity index (χ1v) is 4.76. The molecule has 78 valence electrons. The molecule has 3 heterocycles. The molecule has 7 heteroatoms. The Morgan fingerprint density at radius 2 is 2.27 bits per heavy atom. The van der Waals surface area contributed by atoms with Crippen molar-refractivity contribution in [3.8, 4) is 0 Å². The third kappa shape index (κ3) is 1.20. The van der Waals surface area contributed by atoms with Gasteiger partial charge in [-0.2, -0.15) is 0 Å². The predicted molar refractivity (Wildman–Crippen MR) is 55.7 cm³/mol. The molecule has 0 saturated carbocycles. The Hall–Kier alpha value is -1.89. The monoisotopic (exact) mass is 205 g/mol. The topological polar surface area (TPSA) is 84.9 Å². The molecular formula is C8H11N7. The van der Waals surface area contributed by atoms with Crippen molar-refractivity contribution in [3.05, 3.63) is 12.7 Å². The van der Waals surface area contributed by atoms with Crippen LogP contribution in [0.5, 0.6) is 0 Å². The van der Waals surface area contributed by atoms with Crippen LogP contribution in [0.25, 0.3) is 11.2 Å². The van der Waals surface area contributed by atoms with Crippen LogP contribution in [0.1, 0.15) is 0 Å². The van der Waals surface area contributed by atoms with E-state index in [1.165, 1.54) is 6.33 Å². The van der Waals surface area contributed by atoms with Crippen molar-refractivity contribution in [2.24, 2.45) is 0 Å². The molecule has 0 bridgehead atoms. The van der Waals surface area contributed by atoms with Crippen molar-refractivity contribution < 1.29 is 0 Å². The molecule has 3 N–H and O–H groups in total. The molecule has 1 aliphatic rings. The minimum absolute atomic E-state index is 0.422. The number of rotatable bonds is 1. The van der Waals surface area contributed by atoms with E-state index >= 15 is 0 Å². The lowest BCUT2D eigenvalue weighted by Crippen LogP contribution is -2.32. The van der Waals surface area contributed by atoms with Crippen LogP contribution in [0.15, 0.2) is 12.7 Å². The summed E-state index contributed by atoms with van der Waals surface area (Å²) < 4.78 is 1.91. The average molecular weight is 205 g/mol. The number of aromatic nitrogens is 4. The van der Waals surface area contributed by atoms with Crippen LogP contribution in [0.4, 0.5) is 5.82 Å². The van der Waals surface area contributed by atoms with Gasteiger partial charge in [0.1, 0.15) is 12.7 Å². The molecule has 0 amide bonds. The van der Waals surface area contributed by atoms with Crippen LogP contribution in [-0.2, 0) is 0 Å². The third-order valence-corrected chi connectivity index (χ3v) is 2.49. The zero-order valence-corrected chi connectivity index (χ0v) is 8.09. The molecule has 1 fully saturated rings. The summed E-state index contributed by atoms with van der Waals surface area (Å²) in [6.45, 7) is 2.71. The smallest absolute Gasteiger partial charge is 0.184 e. The van der Waals surface area contributed by atoms with E-state index in [1.807, 2.05) is 4.68 Å². The molecule has 1 saturated heterocycles. The van der Waals surface area contributed by atoms with E-state index in [9.17, 15) is 0 Å². The number of hydrogen-bond donors (Lipinski definition) is 2. The van der Waals surface area contributed by atoms with Crippen molar-refractivity contribution in [2.75, 3.05) is 30.5 Å². The van der Waals surface area contributed by atoms with Crippen LogP contribution >= 0.6 is 0 Å². The van der Waals surface area contributed by atoms with Gasteiger partial charge in [0.05, 0.1) is 6.67 Å². The van der Waals surface area contributed by atoms with Crippen molar-refractivity contribution in [3.63, 3.8) is 0 Å². The quantitative estimate of drug-likeness (QED) is 0.615. The van der Waals surface area contributed by atoms with Crippen LogP contribution in [-0.4, -0.2) is 39.4 Å². The van der Waals surface area contributed by atoms with Gasteiger partial charge >= 0.3 is 0 Å². The summed E-state index contributed by atoms with van der Waals surface area (Å²) in [5.41, 5.74) is 7.12. The van der Waals surface area contributed by atoms with Crippen LogP contribution < -0.4 is 16.1 Å². The highest BCUT2D eigenvalue weighted by molar-refractivity contribution is 5.81. The predicted octanol–water partition coefficient (Wildman–Crippen LogP) is -1.09. The zero-order valence-electron chi connectivity index (χ0n) is 8.09. The summed E-state index contributed by atoms with van der Waals surface area (Å²) in [6.07, 6.45) is 3.18. The minimum atomic E-state index is 0.422. The molecule has 0 aliphatic carbocycles. The van der Waals surface area contributed by atoms with Gasteiger partial charge in [-0.05, 0) is 0 Å². The Bertz CT molecular complexity index is 485. The Kier molecular flexibility index (Phi) is 1.72. The molecule has 0 radical (unpaired) electrons. The Labute approximate surface area is 85.9 Å². The average Bonchev–Trinajstić information content (AvgIpc) is 2.85. The van der Waals surface area contributed by atoms with Gasteiger partial charge in [0.2, 0.25) is 0 Å². The summed E-state index contributed by atoms with van der Waals surface area (Å²) in [7, 11) is 0. The van der Waals surface area contributed by atoms with Crippen LogP contribution in [0.2, 0.25) is 0 Å². The number of nitrogens with one attached hydrogen (secondary N) is 1. The number of nitrogen functional groups attached to an aromatic ring is 1. The highest BCUT2D eigenvalue weighted by Crippen LogP contribution is 2.14. The first-order chi connectivity index (χ1) is 7.36. The van der Waals surface area contributed by atoms with Crippen molar-refractivity contribution in [2.45, 2.75) is 0 Å². The van der Waals surface area contributed by atoms with E-state index in [2.05, 4.69) is 25.3 Å². The second-order valence-electron chi connectivity index (χ2n) is 3.41. The standard InChI is InChI=1S/C8H11N7/c9-7-6-8(12-3-11-7)15(5-13-6)14-2-1-10-4-14/h3,5,10H,1-2,4H2,(H2,9,11,12). The van der Waals surface area contributed by atoms with E-state index < -0.39 is 0 Å². The lowest BCUT2D eigenvalue weighted by molar-refractivity contribution is 0.666. The molecule has 2 aromatic heterocycles. The molecular weight excluding hydrogens is 194 g/mol. The number of fused-ring (bicyclic) bond motifs is 1. The molecule has 2 aromatic rings. The summed E-state index contributed by atoms with van der Waals surface area (Å²) in [5.74, 6) is 0.422. The van der Waals surface area contributed by atoms with Crippen molar-refractivity contribution in [1.82, 2.24) is 24.9 Å². The van der Waals surface area contributed by atoms with Gasteiger partial charge in [0.25, 0.3) is 0 Å². The van der Waals surface area contributed by atoms with Gasteiger partial charge in [-0.15, -0.1) is 0 Å². The Morgan fingerprint density at radius 1 is 1.33 bits per heavy atom. The summed E-state index contributed by atoms with van der Waals surface area (Å²) in [5, 5.41) is 5.36. The summed E-state index contributed by atoms with van der Waals surface area (Å²) >= 11 is 0. The second kappa shape index (κ2) is 3.06. The molecule has 0 aromatic carbocycles. The molecule has 0 atom stereocenters. The lowest BCUT2D eigenvalue weighted by Gasteiger charge is -2.17. The third-order valence-electron chi connectivity index (χ3n) is 2.49. The first kappa shape index (κ1) is 8.42. The normalized spacial score (nSPS) is 16.4. The maximum atomic E-state index is 5.71. The highest BCUT2D eigenvalue weighted by Gasteiger charge is 2.15. The van der Waals surface area contributed by atoms with Crippen molar-refractivity contribution in [1.29, 1.82) is 0 Å². The summed E-state index contributed by atoms with van der Waals surface area (Å²) in [4.78, 5) is 12.3. The lowest BCUT2D eigenvalue weighted by atomic mass is 10.5. The highest BCUT2D eigenvalue weighted by atomic mass is 15.6. The summed E-state index contributed by atoms with van der Waals surface area (Å²) in [6, 6.07) is 0. The van der Waals surface area contributed by atoms with E-state index in [4.69, 9.17) is 5.73 Å². The number of imidazole rings is 1. The molecule has 1 aliphatic heterocycles. The van der Waals surface area contributed by atoms with E-state index in [1.54, 1.807) is 6.33 Å². The van der Waals surface area contributed by atoms with E-state index in [-0.39, 0.29) is 0 Å². The van der Waals surface area contributed by atoms with Crippen LogP contribution in [0.3, 0.4) is 0 Å². The van der Waals surface area contributed by atoms with Gasteiger partial charge in [0.15, 0.2) is 17.0 Å². The minimum Gasteiger partial charge on any atom is -0.382 e. The number of hydrogen-bond acceptors (Lipinski definition) is 6. The maximum Gasteiger partial charge on any atom is 0.184 e. The maximum absolute atomic E-state index is 5.71. The molecule has 15 heavy (non-hydrogen) atoms. The largest absolute Gasteiger partial charge is 0.382 e. The van der Waals surface area contributed by atoms with Gasteiger partial charge in [0, 0.05) is 13.1 Å². The zero-order chi connectivity index (χ0) is 10.3. The van der Waals surface area contributed by atoms with Crippen molar-refractivity contribution >= 4 is 17.0 Å². The fourth-order valence-electron chi connectivity index (χ4n) is 1.73. The number of nitrogens with zero attached hydrogens (tertiary/aromatic N) is 5. The van der Waals surface area contributed by atoms with Gasteiger partial charge in [-0.3, -0.25) is 10.3 Å². The van der Waals surface area contributed by atoms with Gasteiger partial charge in [-0.25, -0.2) is 19.6 Å². The fraction of sp³-hybridized carbons (Fsp3) is 0.375. The Balaban J connectivity index is 2.15. The molecule has 0 spiro atoms. The van der Waals surface area contributed by atoms with Crippen LogP contribution in [0, 0.1) is 0 Å². The van der Waals surface area contributed by atoms with Gasteiger partial charge < -0.3 is 5.73 Å². The van der Waals surface area contributed by atoms with E-state index in [0.29, 0.717) is 11.3 Å². The number of nitrogens with two attached hydrogens (primary N) is 1. The molecule has 0 unspecified atom stereocenters. The number of anilines is 1. The SMILES string of the molecule is Nc1ncnc2c1ncn2N1CCNC1. The van der Waals surface area contributed by atoms with Gasteiger partial charge in [-0.1, -0.05) is 0 Å². The Morgan fingerprint density at radius 3 is 3.07 bits per heavy atom. The first-order valence-electron chi connectivity index (χ1n) is 4.76. The van der Waals surface area contributed by atoms with E-state index in [0.717, 1.165) is 25.4 Å². The molecule has 3 rings (SSSR count). The second-order valence-corrected chi connectivity index (χ2v) is 3.41. The molecule has 7 nitrogen and oxygen atoms in total. The fourth-order valence-corrected chi connectivity index (χ4v) is 1.73.